The Morgan fingerprint density at radius 3 is 0.519 bits per heavy atom. The molecule has 108 heavy (non-hydrogen) atoms. The van der Waals surface area contributed by atoms with Crippen LogP contribution in [0, 0.1) is 22.7 Å². The fourth-order valence-electron chi connectivity index (χ4n) is 13.7. The van der Waals surface area contributed by atoms with Crippen molar-refractivity contribution < 1.29 is 65.6 Å². The van der Waals surface area contributed by atoms with E-state index in [-0.39, 0.29) is 105 Å². The molecule has 0 aliphatic rings. The first-order chi connectivity index (χ1) is 46.3. The predicted molar refractivity (Wildman–Crippen MR) is 408 cm³/mol. The van der Waals surface area contributed by atoms with Crippen LogP contribution in [0.25, 0.3) is 151 Å². The first-order valence-corrected chi connectivity index (χ1v) is 32.9. The summed E-state index contributed by atoms with van der Waals surface area (Å²) < 4.78 is 19.3. The number of aryl methyl sites for hydroxylation is 2. The van der Waals surface area contributed by atoms with Crippen LogP contribution in [0.15, 0.2) is 303 Å². The van der Waals surface area contributed by atoms with Crippen molar-refractivity contribution in [3.8, 4) is 34.9 Å². The minimum Gasteiger partial charge on any atom is -1.00 e. The number of nitrogens with zero attached hydrogens (tertiary/aromatic N) is 8. The van der Waals surface area contributed by atoms with Gasteiger partial charge < -0.3 is 74.7 Å². The largest absolute Gasteiger partial charge is 5.00 e. The van der Waals surface area contributed by atoms with Crippen LogP contribution in [-0.4, -0.2) is 67.1 Å². The Morgan fingerprint density at radius 2 is 0.370 bits per heavy atom. The molecule has 0 atom stereocenters. The molecule has 542 valence electrons. The van der Waals surface area contributed by atoms with E-state index in [2.05, 4.69) is 308 Å². The van der Waals surface area contributed by atoms with Crippen LogP contribution in [-0.2, 0) is 14.1 Å². The molecule has 6 aromatic heterocycles. The van der Waals surface area contributed by atoms with Gasteiger partial charge in [0, 0.05) is 105 Å². The van der Waals surface area contributed by atoms with Gasteiger partial charge in [-0.1, -0.05) is 182 Å². The van der Waals surface area contributed by atoms with Crippen LogP contribution in [0.5, 0.6) is 0 Å². The molecule has 8 nitrogen and oxygen atoms in total. The molecule has 13 aromatic carbocycles. The van der Waals surface area contributed by atoms with E-state index in [0.717, 1.165) is 0 Å². The van der Waals surface area contributed by atoms with E-state index < -0.39 is 0 Å². The van der Waals surface area contributed by atoms with Gasteiger partial charge in [-0.15, -0.1) is 0 Å². The Morgan fingerprint density at radius 1 is 0.231 bits per heavy atom. The van der Waals surface area contributed by atoms with Gasteiger partial charge in [-0.25, -0.2) is 0 Å². The number of hydrogen-bond donors (Lipinski definition) is 0. The van der Waals surface area contributed by atoms with E-state index in [0.29, 0.717) is 0 Å². The van der Waals surface area contributed by atoms with E-state index >= 15 is 0 Å². The Hall–Kier alpha value is -11.1. The first-order valence-electron chi connectivity index (χ1n) is 31.3. The molecule has 0 unspecified atom stereocenters. The number of rotatable bonds is 4. The van der Waals surface area contributed by atoms with Gasteiger partial charge in [-0.2, -0.15) is 19.7 Å². The van der Waals surface area contributed by atoms with Gasteiger partial charge in [-0.3, -0.25) is 0 Å². The van der Waals surface area contributed by atoms with Crippen molar-refractivity contribution in [2.75, 3.05) is 0 Å². The molecule has 6 heterocycles. The Balaban J connectivity index is 0.000000842. The SMILES string of the molecule is CC#N.CC#N.C[n+]1c2ccc(-n3c4ccccc4c4ccccc43)cc2[s+]c2cc(-n3c4ccccc4c4ccccc43)ccc21.C[n+]1c2ccc(-n3c4ccccc4c4ccccc43)cc2[s+]c2cc(-n3c4ccccc4c4ccccc43)ccc21.[F-].[F-].[F-].[F-].[F-].[F-].[F-].[F-].[F-].[F-].[F-].[F-].[Sb+5].[Sb+5].c1ccccc1. The molecule has 0 saturated heterocycles. The van der Waals surface area contributed by atoms with Gasteiger partial charge >= 0.3 is 67.7 Å². The maximum absolute atomic E-state index is 7.32. The fourth-order valence-corrected chi connectivity index (χ4v) is 16.1. The summed E-state index contributed by atoms with van der Waals surface area (Å²) in [5.74, 6) is 0. The standard InChI is InChI=1S/2C37H25N3S.C6H6.2C2H3N.12FH.2Sb/c2*1-38-34-20-18-24(39-30-14-6-2-10-26(30)27-11-3-7-15-31(27)39)22-36(34)41-37-23-25(19-21-35(37)38)40-32-16-8-4-12-28(32)29-13-5-9-17-33(29)40;1-2-4-6-5-3-1;2*1-2-3;;;;;;;;;;;;;;/h2*2-23H,1H3;1-6H;2*1H3;12*1H;;/q2*+2;;;;;;;;;;;;;;;;2*+5/p-12. The quantitative estimate of drug-likeness (QED) is 0.0579. The zero-order valence-corrected chi connectivity index (χ0v) is 64.4. The number of nitriles is 2. The predicted octanol–water partition coefficient (Wildman–Crippen LogP) is -15.3. The fraction of sp³-hybridized carbons (Fsp3) is 0.0476. The van der Waals surface area contributed by atoms with E-state index in [1.54, 1.807) is 12.1 Å². The maximum Gasteiger partial charge on any atom is 5.00 e. The van der Waals surface area contributed by atoms with Crippen molar-refractivity contribution in [2.45, 2.75) is 13.8 Å². The second-order valence-corrected chi connectivity index (χ2v) is 25.2. The van der Waals surface area contributed by atoms with Gasteiger partial charge in [-0.05, 0) is 72.8 Å². The summed E-state index contributed by atoms with van der Waals surface area (Å²) in [6.45, 7) is 2.86. The number of hydrogen-bond acceptors (Lipinski definition) is 2. The zero-order valence-electron chi connectivity index (χ0n) is 57.7. The second-order valence-electron chi connectivity index (χ2n) is 23.0. The minimum atomic E-state index is 0. The van der Waals surface area contributed by atoms with E-state index in [4.69, 9.17) is 10.5 Å². The normalized spacial score (nSPS) is 9.72. The first kappa shape index (κ1) is 94.9. The average Bonchev–Trinajstić information content (AvgIpc) is 1.47. The third-order valence-electron chi connectivity index (χ3n) is 17.7. The van der Waals surface area contributed by atoms with Crippen molar-refractivity contribution in [3.05, 3.63) is 303 Å². The monoisotopic (exact) mass is 1720 g/mol. The summed E-state index contributed by atoms with van der Waals surface area (Å²) >= 11 is 3.72. The molecule has 0 spiro atoms. The molecular formula is C84H62F12N8S2Sb2+2. The molecule has 0 saturated carbocycles. The Kier molecular flexibility index (Phi) is 36.1. The molecule has 0 amide bonds. The van der Waals surface area contributed by atoms with E-state index in [9.17, 15) is 0 Å². The summed E-state index contributed by atoms with van der Waals surface area (Å²) in [5.41, 5.74) is 19.5. The van der Waals surface area contributed by atoms with Crippen molar-refractivity contribution in [1.29, 1.82) is 10.5 Å². The summed E-state index contributed by atoms with van der Waals surface area (Å²) in [5, 5.41) is 24.9. The van der Waals surface area contributed by atoms with Gasteiger partial charge in [0.15, 0.2) is 0 Å². The van der Waals surface area contributed by atoms with Crippen LogP contribution in [0.1, 0.15) is 13.8 Å². The van der Waals surface area contributed by atoms with Gasteiger partial charge in [0.2, 0.25) is 22.7 Å². The smallest absolute Gasteiger partial charge is 1.00 e. The van der Waals surface area contributed by atoms with Gasteiger partial charge in [0.25, 0.3) is 22.1 Å². The molecule has 24 heteroatoms. The summed E-state index contributed by atoms with van der Waals surface area (Å²) in [6, 6.07) is 113. The van der Waals surface area contributed by atoms with Crippen molar-refractivity contribution in [2.24, 2.45) is 14.1 Å². The average molecular weight is 1720 g/mol. The van der Waals surface area contributed by atoms with Crippen LogP contribution in [0.2, 0.25) is 0 Å². The van der Waals surface area contributed by atoms with E-state index in [1.807, 2.05) is 59.1 Å². The van der Waals surface area contributed by atoms with Crippen LogP contribution in [0.4, 0.5) is 0 Å². The van der Waals surface area contributed by atoms with Crippen molar-refractivity contribution >= 4 is 200 Å². The van der Waals surface area contributed by atoms with Crippen molar-refractivity contribution in [3.63, 3.8) is 0 Å². The topological polar surface area (TPSA) is 75.1 Å². The third kappa shape index (κ3) is 16.8. The molecule has 0 fully saturated rings. The summed E-state index contributed by atoms with van der Waals surface area (Å²) in [7, 11) is 4.36. The minimum absolute atomic E-state index is 0. The molecular weight excluding hydrogens is 1660 g/mol. The summed E-state index contributed by atoms with van der Waals surface area (Å²) in [4.78, 5) is 0. The van der Waals surface area contributed by atoms with Gasteiger partial charge in [0.1, 0.15) is 14.1 Å². The number of halogens is 12. The Bertz CT molecular complexity index is 5340. The van der Waals surface area contributed by atoms with Crippen LogP contribution in [0.3, 0.4) is 0 Å². The molecule has 19 aromatic rings. The molecule has 19 rings (SSSR count). The summed E-state index contributed by atoms with van der Waals surface area (Å²) in [6.07, 6.45) is 0. The number of para-hydroxylation sites is 8. The second kappa shape index (κ2) is 41.1. The van der Waals surface area contributed by atoms with Crippen LogP contribution >= 0.6 is 22.7 Å². The number of aromatic nitrogens is 6. The zero-order chi connectivity index (χ0) is 63.8. The maximum atomic E-state index is 7.32. The molecule has 0 bridgehead atoms. The van der Waals surface area contributed by atoms with E-state index in [1.165, 1.54) is 165 Å². The molecule has 0 radical (unpaired) electrons. The number of benzene rings is 13. The molecule has 0 N–H and O–H groups in total. The number of fused-ring (bicyclic) bond motifs is 16. The van der Waals surface area contributed by atoms with Crippen LogP contribution < -0.4 is 65.6 Å². The van der Waals surface area contributed by atoms with Crippen molar-refractivity contribution in [1.82, 2.24) is 18.3 Å². The van der Waals surface area contributed by atoms with Gasteiger partial charge in [0.05, 0.1) is 79.0 Å². The Labute approximate surface area is 655 Å². The third-order valence-corrected chi connectivity index (χ3v) is 19.9. The molecule has 0 aliphatic heterocycles. The molecule has 0 aliphatic carbocycles.